The molecule has 1 aliphatic rings. The van der Waals surface area contributed by atoms with Gasteiger partial charge in [-0.15, -0.1) is 0 Å². The van der Waals surface area contributed by atoms with Gasteiger partial charge in [-0.1, -0.05) is 36.4 Å². The number of aliphatic hydroxyl groups is 1. The van der Waals surface area contributed by atoms with Crippen LogP contribution < -0.4 is 4.74 Å². The average Bonchev–Trinajstić information content (AvgIpc) is 2.75. The van der Waals surface area contributed by atoms with Gasteiger partial charge in [0.2, 0.25) is 0 Å². The van der Waals surface area contributed by atoms with Gasteiger partial charge in [0.1, 0.15) is 17.1 Å². The van der Waals surface area contributed by atoms with Crippen LogP contribution >= 0.6 is 0 Å². The third kappa shape index (κ3) is 4.26. The zero-order chi connectivity index (χ0) is 20.3. The fourth-order valence-electron chi connectivity index (χ4n) is 4.46. The average molecular weight is 394 g/mol. The second kappa shape index (κ2) is 8.47. The number of pyridine rings is 1. The molecule has 29 heavy (non-hydrogen) atoms. The first-order valence-electron chi connectivity index (χ1n) is 10.1. The molecule has 2 aromatic carbocycles. The zero-order valence-corrected chi connectivity index (χ0v) is 16.8. The molecule has 0 amide bonds. The van der Waals surface area contributed by atoms with E-state index in [1.807, 2.05) is 36.4 Å². The van der Waals surface area contributed by atoms with Crippen LogP contribution in [-0.2, 0) is 13.0 Å². The molecule has 0 aliphatic carbocycles. The van der Waals surface area contributed by atoms with E-state index in [1.54, 1.807) is 13.2 Å². The Balaban J connectivity index is 1.53. The highest BCUT2D eigenvalue weighted by Gasteiger charge is 2.35. The molecule has 1 unspecified atom stereocenters. The van der Waals surface area contributed by atoms with Crippen molar-refractivity contribution in [3.8, 4) is 5.75 Å². The van der Waals surface area contributed by atoms with Gasteiger partial charge in [0, 0.05) is 23.9 Å². The van der Waals surface area contributed by atoms with E-state index in [4.69, 9.17) is 9.72 Å². The predicted octanol–water partition coefficient (Wildman–Crippen LogP) is 4.20. The number of benzene rings is 2. The summed E-state index contributed by atoms with van der Waals surface area (Å²) in [6, 6.07) is 16.9. The number of para-hydroxylation sites is 1. The summed E-state index contributed by atoms with van der Waals surface area (Å²) in [7, 11) is 1.66. The van der Waals surface area contributed by atoms with Gasteiger partial charge in [-0.25, -0.2) is 9.37 Å². The van der Waals surface area contributed by atoms with Crippen LogP contribution in [0.1, 0.15) is 24.1 Å². The molecule has 1 aromatic heterocycles. The molecule has 1 atom stereocenters. The Morgan fingerprint density at radius 2 is 2.00 bits per heavy atom. The van der Waals surface area contributed by atoms with Gasteiger partial charge in [-0.05, 0) is 49.6 Å². The molecule has 2 heterocycles. The summed E-state index contributed by atoms with van der Waals surface area (Å²) >= 11 is 0. The van der Waals surface area contributed by atoms with Crippen LogP contribution in [0, 0.1) is 11.2 Å². The summed E-state index contributed by atoms with van der Waals surface area (Å²) in [6.45, 7) is 2.43. The fraction of sp³-hybridized carbons (Fsp3) is 0.375. The van der Waals surface area contributed by atoms with Crippen LogP contribution in [-0.4, -0.2) is 41.8 Å². The maximum atomic E-state index is 14.2. The highest BCUT2D eigenvalue weighted by Crippen LogP contribution is 2.35. The van der Waals surface area contributed by atoms with Crippen LogP contribution in [0.3, 0.4) is 0 Å². The van der Waals surface area contributed by atoms with Crippen LogP contribution in [0.2, 0.25) is 0 Å². The number of ether oxygens (including phenoxy) is 1. The van der Waals surface area contributed by atoms with Crippen molar-refractivity contribution >= 4 is 10.9 Å². The number of likely N-dealkylation sites (tertiary alicyclic amines) is 1. The number of methoxy groups -OCH3 is 1. The number of fused-ring (bicyclic) bond motifs is 1. The smallest absolute Gasteiger partial charge is 0.145 e. The van der Waals surface area contributed by atoms with Gasteiger partial charge in [0.25, 0.3) is 0 Å². The Kier molecular flexibility index (Phi) is 5.79. The van der Waals surface area contributed by atoms with E-state index < -0.39 is 0 Å². The lowest BCUT2D eigenvalue weighted by Gasteiger charge is -2.42. The van der Waals surface area contributed by atoms with Crippen molar-refractivity contribution in [1.82, 2.24) is 9.88 Å². The summed E-state index contributed by atoms with van der Waals surface area (Å²) in [6.07, 6.45) is 2.42. The van der Waals surface area contributed by atoms with Crippen molar-refractivity contribution in [2.24, 2.45) is 5.41 Å². The number of rotatable bonds is 6. The molecule has 0 saturated carbocycles. The molecule has 3 aromatic rings. The molecule has 4 rings (SSSR count). The lowest BCUT2D eigenvalue weighted by atomic mass is 9.75. The highest BCUT2D eigenvalue weighted by atomic mass is 19.1. The normalized spacial score (nSPS) is 20.1. The number of piperidine rings is 1. The van der Waals surface area contributed by atoms with E-state index in [0.29, 0.717) is 18.5 Å². The van der Waals surface area contributed by atoms with Gasteiger partial charge < -0.3 is 9.84 Å². The third-order valence-corrected chi connectivity index (χ3v) is 5.95. The lowest BCUT2D eigenvalue weighted by Crippen LogP contribution is -2.46. The van der Waals surface area contributed by atoms with E-state index in [1.165, 1.54) is 6.07 Å². The molecule has 0 bridgehead atoms. The summed E-state index contributed by atoms with van der Waals surface area (Å²) in [4.78, 5) is 7.15. The lowest BCUT2D eigenvalue weighted by molar-refractivity contribution is 0.0278. The number of aliphatic hydroxyl groups excluding tert-OH is 1. The minimum Gasteiger partial charge on any atom is -0.494 e. The van der Waals surface area contributed by atoms with Gasteiger partial charge in [-0.3, -0.25) is 4.90 Å². The van der Waals surface area contributed by atoms with Crippen molar-refractivity contribution in [3.05, 3.63) is 71.7 Å². The SMILES string of the molecule is COc1cccc2ccc(CN3CCCC(CO)(Cc4ccccc4F)C3)nc12. The quantitative estimate of drug-likeness (QED) is 0.681. The molecule has 0 radical (unpaired) electrons. The maximum absolute atomic E-state index is 14.2. The standard InChI is InChI=1S/C24H27FN2O2/c1-29-22-9-4-7-18-10-11-20(26-23(18)22)15-27-13-5-12-24(16-27,17-28)14-19-6-2-3-8-21(19)25/h2-4,6-11,28H,5,12-17H2,1H3. The van der Waals surface area contributed by atoms with Crippen molar-refractivity contribution in [2.75, 3.05) is 26.8 Å². The number of hydrogen-bond acceptors (Lipinski definition) is 4. The maximum Gasteiger partial charge on any atom is 0.145 e. The van der Waals surface area contributed by atoms with Crippen molar-refractivity contribution in [3.63, 3.8) is 0 Å². The molecule has 1 fully saturated rings. The molecule has 0 spiro atoms. The van der Waals surface area contributed by atoms with Gasteiger partial charge in [-0.2, -0.15) is 0 Å². The monoisotopic (exact) mass is 394 g/mol. The first-order valence-corrected chi connectivity index (χ1v) is 10.1. The van der Waals surface area contributed by atoms with E-state index in [0.717, 1.165) is 48.3 Å². The molecule has 1 N–H and O–H groups in total. The largest absolute Gasteiger partial charge is 0.494 e. The summed E-state index contributed by atoms with van der Waals surface area (Å²) in [5.41, 5.74) is 2.19. The van der Waals surface area contributed by atoms with E-state index in [9.17, 15) is 9.50 Å². The molecule has 1 saturated heterocycles. The molecule has 1 aliphatic heterocycles. The molecular formula is C24H27FN2O2. The molecule has 4 nitrogen and oxygen atoms in total. The van der Waals surface area contributed by atoms with Crippen LogP contribution in [0.5, 0.6) is 5.75 Å². The fourth-order valence-corrected chi connectivity index (χ4v) is 4.46. The Labute approximate surface area is 171 Å². The molecule has 152 valence electrons. The first kappa shape index (κ1) is 19.8. The number of hydrogen-bond donors (Lipinski definition) is 1. The van der Waals surface area contributed by atoms with E-state index in [2.05, 4.69) is 11.0 Å². The first-order chi connectivity index (χ1) is 14.1. The van der Waals surface area contributed by atoms with Gasteiger partial charge in [0.15, 0.2) is 0 Å². The Morgan fingerprint density at radius 3 is 2.79 bits per heavy atom. The van der Waals surface area contributed by atoms with Crippen molar-refractivity contribution in [2.45, 2.75) is 25.8 Å². The highest BCUT2D eigenvalue weighted by molar-refractivity contribution is 5.84. The Bertz CT molecular complexity index is 994. The number of aromatic nitrogens is 1. The van der Waals surface area contributed by atoms with Crippen LogP contribution in [0.25, 0.3) is 10.9 Å². The van der Waals surface area contributed by atoms with E-state index in [-0.39, 0.29) is 17.8 Å². The second-order valence-electron chi connectivity index (χ2n) is 8.08. The Morgan fingerprint density at radius 1 is 1.14 bits per heavy atom. The van der Waals surface area contributed by atoms with Crippen molar-refractivity contribution < 1.29 is 14.2 Å². The van der Waals surface area contributed by atoms with Crippen LogP contribution in [0.4, 0.5) is 4.39 Å². The zero-order valence-electron chi connectivity index (χ0n) is 16.8. The summed E-state index contributed by atoms with van der Waals surface area (Å²) < 4.78 is 19.7. The third-order valence-electron chi connectivity index (χ3n) is 5.95. The molecule has 5 heteroatoms. The molecular weight excluding hydrogens is 367 g/mol. The number of halogens is 1. The van der Waals surface area contributed by atoms with Gasteiger partial charge >= 0.3 is 0 Å². The summed E-state index contributed by atoms with van der Waals surface area (Å²) in [5, 5.41) is 11.3. The van der Waals surface area contributed by atoms with Gasteiger partial charge in [0.05, 0.1) is 19.4 Å². The Hall–Kier alpha value is -2.50. The minimum absolute atomic E-state index is 0.0524. The summed E-state index contributed by atoms with van der Waals surface area (Å²) in [5.74, 6) is 0.577. The predicted molar refractivity (Wildman–Crippen MR) is 112 cm³/mol. The topological polar surface area (TPSA) is 45.6 Å². The van der Waals surface area contributed by atoms with Crippen molar-refractivity contribution in [1.29, 1.82) is 0 Å². The second-order valence-corrected chi connectivity index (χ2v) is 8.08. The minimum atomic E-state index is -0.324. The van der Waals surface area contributed by atoms with E-state index >= 15 is 0 Å². The van der Waals surface area contributed by atoms with Crippen LogP contribution in [0.15, 0.2) is 54.6 Å². The number of nitrogens with zero attached hydrogens (tertiary/aromatic N) is 2.